The van der Waals surface area contributed by atoms with Crippen molar-refractivity contribution < 1.29 is 9.18 Å². The van der Waals surface area contributed by atoms with E-state index in [0.717, 1.165) is 19.5 Å². The zero-order valence-corrected chi connectivity index (χ0v) is 12.3. The monoisotopic (exact) mass is 282 g/mol. The fourth-order valence-electron chi connectivity index (χ4n) is 1.80. The van der Waals surface area contributed by atoms with E-state index in [0.29, 0.717) is 12.2 Å². The van der Waals surface area contributed by atoms with Crippen LogP contribution in [0.4, 0.5) is 15.8 Å². The molecule has 0 saturated heterocycles. The van der Waals surface area contributed by atoms with Gasteiger partial charge in [0.2, 0.25) is 5.91 Å². The van der Waals surface area contributed by atoms with Crippen LogP contribution in [0.5, 0.6) is 0 Å². The molecule has 0 spiro atoms. The number of nitrogens with one attached hydrogen (secondary N) is 1. The maximum Gasteiger partial charge on any atom is 0.238 e. The normalized spacial score (nSPS) is 11.1. The van der Waals surface area contributed by atoms with Crippen LogP contribution in [-0.4, -0.2) is 56.5 Å². The van der Waals surface area contributed by atoms with E-state index in [4.69, 9.17) is 5.73 Å². The van der Waals surface area contributed by atoms with Crippen LogP contribution in [0.2, 0.25) is 0 Å². The number of halogens is 1. The molecular weight excluding hydrogens is 259 g/mol. The molecule has 0 aliphatic rings. The number of hydrogen-bond donors (Lipinski definition) is 2. The van der Waals surface area contributed by atoms with Crippen molar-refractivity contribution in [1.82, 2.24) is 9.80 Å². The zero-order valence-electron chi connectivity index (χ0n) is 12.3. The van der Waals surface area contributed by atoms with Crippen molar-refractivity contribution in [3.05, 3.63) is 24.0 Å². The number of likely N-dealkylation sites (N-methyl/N-ethyl adjacent to an activating group) is 1. The molecule has 0 heterocycles. The lowest BCUT2D eigenvalue weighted by atomic mass is 10.2. The molecule has 0 bridgehead atoms. The highest BCUT2D eigenvalue weighted by molar-refractivity contribution is 5.92. The van der Waals surface area contributed by atoms with E-state index in [-0.39, 0.29) is 11.6 Å². The van der Waals surface area contributed by atoms with Gasteiger partial charge in [0.15, 0.2) is 0 Å². The summed E-state index contributed by atoms with van der Waals surface area (Å²) >= 11 is 0. The molecule has 0 fully saturated rings. The number of amides is 1. The largest absolute Gasteiger partial charge is 0.396 e. The highest BCUT2D eigenvalue weighted by Gasteiger charge is 2.08. The van der Waals surface area contributed by atoms with Gasteiger partial charge < -0.3 is 16.0 Å². The zero-order chi connectivity index (χ0) is 15.1. The first kappa shape index (κ1) is 16.4. The predicted molar refractivity (Wildman–Crippen MR) is 80.1 cm³/mol. The maximum atomic E-state index is 13.0. The van der Waals surface area contributed by atoms with Crippen molar-refractivity contribution >= 4 is 17.3 Å². The quantitative estimate of drug-likeness (QED) is 0.738. The molecular formula is C14H23FN4O. The Morgan fingerprint density at radius 3 is 2.60 bits per heavy atom. The lowest BCUT2D eigenvalue weighted by Crippen LogP contribution is -2.32. The summed E-state index contributed by atoms with van der Waals surface area (Å²) in [6.45, 7) is 2.13. The number of anilines is 2. The van der Waals surface area contributed by atoms with E-state index >= 15 is 0 Å². The number of carbonyl (C=O) groups is 1. The molecule has 0 aromatic heterocycles. The van der Waals surface area contributed by atoms with Crippen LogP contribution in [0.1, 0.15) is 6.42 Å². The number of nitrogens with zero attached hydrogens (tertiary/aromatic N) is 2. The average Bonchev–Trinajstić information content (AvgIpc) is 2.33. The molecule has 0 aliphatic carbocycles. The van der Waals surface area contributed by atoms with E-state index in [1.807, 2.05) is 26.0 Å². The molecule has 0 aliphatic heterocycles. The first-order chi connectivity index (χ1) is 9.38. The molecule has 0 radical (unpaired) electrons. The summed E-state index contributed by atoms with van der Waals surface area (Å²) < 4.78 is 13.0. The van der Waals surface area contributed by atoms with Crippen molar-refractivity contribution in [2.45, 2.75) is 6.42 Å². The first-order valence-corrected chi connectivity index (χ1v) is 6.56. The summed E-state index contributed by atoms with van der Waals surface area (Å²) in [5.41, 5.74) is 5.99. The molecule has 112 valence electrons. The molecule has 1 aromatic carbocycles. The Balaban J connectivity index is 2.37. The number of rotatable bonds is 7. The van der Waals surface area contributed by atoms with Crippen molar-refractivity contribution in [3.8, 4) is 0 Å². The molecule has 1 aromatic rings. The Kier molecular flexibility index (Phi) is 6.41. The van der Waals surface area contributed by atoms with Gasteiger partial charge in [-0.15, -0.1) is 0 Å². The van der Waals surface area contributed by atoms with Crippen LogP contribution < -0.4 is 11.1 Å². The van der Waals surface area contributed by atoms with Crippen LogP contribution in [0.25, 0.3) is 0 Å². The Labute approximate surface area is 119 Å². The minimum absolute atomic E-state index is 0.0298. The van der Waals surface area contributed by atoms with E-state index < -0.39 is 5.82 Å². The van der Waals surface area contributed by atoms with Crippen LogP contribution in [0.3, 0.4) is 0 Å². The van der Waals surface area contributed by atoms with Crippen molar-refractivity contribution in [2.24, 2.45) is 0 Å². The number of carbonyl (C=O) groups excluding carboxylic acids is 1. The molecule has 0 unspecified atom stereocenters. The van der Waals surface area contributed by atoms with Crippen molar-refractivity contribution in [3.63, 3.8) is 0 Å². The predicted octanol–water partition coefficient (Wildman–Crippen LogP) is 1.23. The maximum absolute atomic E-state index is 13.0. The molecule has 1 rings (SSSR count). The molecule has 1 amide bonds. The standard InChI is InChI=1S/C14H23FN4O/c1-18(2)7-4-8-19(3)10-14(20)17-11-5-6-12(15)13(16)9-11/h5-6,9H,4,7-8,10,16H2,1-3H3,(H,17,20). The second-order valence-electron chi connectivity index (χ2n) is 5.18. The van der Waals surface area contributed by atoms with Crippen molar-refractivity contribution in [1.29, 1.82) is 0 Å². The third-order valence-corrected chi connectivity index (χ3v) is 2.84. The molecule has 5 nitrogen and oxygen atoms in total. The Hall–Kier alpha value is -1.66. The summed E-state index contributed by atoms with van der Waals surface area (Å²) in [4.78, 5) is 15.9. The van der Waals surface area contributed by atoms with Gasteiger partial charge in [0.1, 0.15) is 5.82 Å². The van der Waals surface area contributed by atoms with Gasteiger partial charge in [0.25, 0.3) is 0 Å². The lowest BCUT2D eigenvalue weighted by Gasteiger charge is -2.17. The highest BCUT2D eigenvalue weighted by atomic mass is 19.1. The van der Waals surface area contributed by atoms with E-state index in [1.165, 1.54) is 18.2 Å². The number of hydrogen-bond acceptors (Lipinski definition) is 4. The number of nitrogens with two attached hydrogens (primary N) is 1. The van der Waals surface area contributed by atoms with E-state index in [9.17, 15) is 9.18 Å². The Morgan fingerprint density at radius 2 is 2.00 bits per heavy atom. The fourth-order valence-corrected chi connectivity index (χ4v) is 1.80. The summed E-state index contributed by atoms with van der Waals surface area (Å²) in [6.07, 6.45) is 1.00. The van der Waals surface area contributed by atoms with Gasteiger partial charge in [-0.3, -0.25) is 9.69 Å². The number of benzene rings is 1. The topological polar surface area (TPSA) is 61.6 Å². The molecule has 0 saturated carbocycles. The van der Waals surface area contributed by atoms with E-state index in [2.05, 4.69) is 10.2 Å². The SMILES string of the molecule is CN(C)CCCN(C)CC(=O)Nc1ccc(F)c(N)c1. The second kappa shape index (κ2) is 7.81. The van der Waals surface area contributed by atoms with Crippen LogP contribution >= 0.6 is 0 Å². The first-order valence-electron chi connectivity index (χ1n) is 6.56. The smallest absolute Gasteiger partial charge is 0.238 e. The van der Waals surface area contributed by atoms with Gasteiger partial charge in [0.05, 0.1) is 12.2 Å². The Morgan fingerprint density at radius 1 is 1.30 bits per heavy atom. The van der Waals surface area contributed by atoms with Crippen LogP contribution in [0, 0.1) is 5.82 Å². The lowest BCUT2D eigenvalue weighted by molar-refractivity contribution is -0.117. The summed E-state index contributed by atoms with van der Waals surface area (Å²) in [6, 6.07) is 4.15. The molecule has 0 atom stereocenters. The van der Waals surface area contributed by atoms with Gasteiger partial charge in [-0.1, -0.05) is 0 Å². The van der Waals surface area contributed by atoms with Gasteiger partial charge in [-0.05, 0) is 58.9 Å². The van der Waals surface area contributed by atoms with Gasteiger partial charge >= 0.3 is 0 Å². The average molecular weight is 282 g/mol. The number of nitrogen functional groups attached to an aromatic ring is 1. The molecule has 20 heavy (non-hydrogen) atoms. The van der Waals surface area contributed by atoms with Gasteiger partial charge in [0, 0.05) is 5.69 Å². The highest BCUT2D eigenvalue weighted by Crippen LogP contribution is 2.16. The molecule has 3 N–H and O–H groups in total. The third kappa shape index (κ3) is 5.99. The van der Waals surface area contributed by atoms with Crippen LogP contribution in [-0.2, 0) is 4.79 Å². The minimum atomic E-state index is -0.483. The van der Waals surface area contributed by atoms with Gasteiger partial charge in [-0.25, -0.2) is 4.39 Å². The van der Waals surface area contributed by atoms with Crippen LogP contribution in [0.15, 0.2) is 18.2 Å². The van der Waals surface area contributed by atoms with E-state index in [1.54, 1.807) is 0 Å². The minimum Gasteiger partial charge on any atom is -0.396 e. The van der Waals surface area contributed by atoms with Crippen molar-refractivity contribution in [2.75, 3.05) is 51.8 Å². The summed E-state index contributed by atoms with van der Waals surface area (Å²) in [5.74, 6) is -0.618. The van der Waals surface area contributed by atoms with Gasteiger partial charge in [-0.2, -0.15) is 0 Å². The third-order valence-electron chi connectivity index (χ3n) is 2.84. The fraction of sp³-hybridized carbons (Fsp3) is 0.500. The summed E-state index contributed by atoms with van der Waals surface area (Å²) in [7, 11) is 5.94. The molecule has 6 heteroatoms. The second-order valence-corrected chi connectivity index (χ2v) is 5.18. The Bertz CT molecular complexity index is 451. The summed E-state index contributed by atoms with van der Waals surface area (Å²) in [5, 5.41) is 2.70.